The third kappa shape index (κ3) is 39.5. The average molecular weight is 892 g/mol. The Hall–Kier alpha value is -4.65. The minimum atomic E-state index is -0.809. The van der Waals surface area contributed by atoms with Crippen LogP contribution < -0.4 is 31.9 Å². The number of hydrogen-bond acceptors (Lipinski definition) is 11. The summed E-state index contributed by atoms with van der Waals surface area (Å²) >= 11 is 0. The lowest BCUT2D eigenvalue weighted by atomic mass is 9.88. The highest BCUT2D eigenvalue weighted by Gasteiger charge is 2.35. The highest BCUT2D eigenvalue weighted by molar-refractivity contribution is 5.93. The Kier molecular flexibility index (Phi) is 42.0. The number of nitrogens with zero attached hydrogens (tertiary/aromatic N) is 1. The second-order valence-corrected chi connectivity index (χ2v) is 16.1. The minimum absolute atomic E-state index is 0.0667. The van der Waals surface area contributed by atoms with Crippen LogP contribution in [0.2, 0.25) is 0 Å². The van der Waals surface area contributed by atoms with E-state index in [2.05, 4.69) is 52.7 Å². The molecule has 19 nitrogen and oxygen atoms in total. The van der Waals surface area contributed by atoms with Crippen LogP contribution >= 0.6 is 0 Å². The highest BCUT2D eigenvalue weighted by atomic mass is 16.5. The van der Waals surface area contributed by atoms with Crippen molar-refractivity contribution >= 4 is 54.1 Å². The standard InChI is InChI=1S/C27H48N4O7.C5H10N2O2.C4H10.C3H6O2.C2H5NO.C2H6/c1-17(2)21(33)14-27(7,8)38-13-11-26(5,6)25(37)29-16-23(35)31-12-9-10-20(31)24(36)28-15-22(34)30-18(3)19(4)32;1-2-7-5(9)3-6-4-8;1-4(2)3;1-2-3(4)5;1-3-2-4;1-2/h17-20,32H,9-16H2,1-8H3,(H,28,36)(H,29,37)(H,30,34);4H,2-3H2,1H3,(H,6,8)(H,7,9);4H,1-3H3;2H2,1H3,(H,4,5);2H,1H3,(H,3,4);1-2H3/t18?,19?,20-;;;;;/m0...../s1. The average Bonchev–Trinajstić information content (AvgIpc) is 3.69. The van der Waals surface area contributed by atoms with Crippen LogP contribution in [0.3, 0.4) is 0 Å². The molecule has 0 radical (unpaired) electrons. The van der Waals surface area contributed by atoms with Gasteiger partial charge in [-0.15, -0.1) is 0 Å². The molecule has 1 rings (SSSR count). The Bertz CT molecular complexity index is 1290. The number of carboxylic acid groups (broad SMARTS) is 1. The summed E-state index contributed by atoms with van der Waals surface area (Å²) in [6, 6.07) is -1.16. The second-order valence-electron chi connectivity index (χ2n) is 16.1. The fourth-order valence-electron chi connectivity index (χ4n) is 4.31. The fraction of sp³-hybridized carbons (Fsp3) is 0.791. The van der Waals surface area contributed by atoms with E-state index in [0.29, 0.717) is 51.6 Å². The number of carbonyl (C=O) groups excluding carboxylic acids is 8. The SMILES string of the molecule is CC.CC(C)C.CC(C)C(=O)CC(C)(C)OCCC(C)(C)C(=O)NCC(=O)N1CCC[C@H]1C(=O)NCC(=O)NC(C)C(C)O.CCC(=O)O.CCNC(=O)CNC=O.CNC=O. The van der Waals surface area contributed by atoms with Crippen LogP contribution in [0.25, 0.3) is 0 Å². The van der Waals surface area contributed by atoms with Crippen molar-refractivity contribution in [3.63, 3.8) is 0 Å². The van der Waals surface area contributed by atoms with E-state index >= 15 is 0 Å². The van der Waals surface area contributed by atoms with Gasteiger partial charge in [0, 0.05) is 50.9 Å². The van der Waals surface area contributed by atoms with Gasteiger partial charge in [-0.2, -0.15) is 0 Å². The van der Waals surface area contributed by atoms with Crippen molar-refractivity contribution in [2.24, 2.45) is 17.3 Å². The summed E-state index contributed by atoms with van der Waals surface area (Å²) in [6.45, 7) is 28.9. The molecule has 1 aliphatic rings. The Morgan fingerprint density at radius 3 is 1.76 bits per heavy atom. The predicted molar refractivity (Wildman–Crippen MR) is 241 cm³/mol. The van der Waals surface area contributed by atoms with Crippen LogP contribution in [0.15, 0.2) is 0 Å². The van der Waals surface area contributed by atoms with E-state index in [1.165, 1.54) is 4.90 Å². The number of aliphatic hydroxyl groups is 1. The quantitative estimate of drug-likeness (QED) is 0.0772. The maximum atomic E-state index is 12.8. The lowest BCUT2D eigenvalue weighted by molar-refractivity contribution is -0.140. The number of carboxylic acids is 1. The van der Waals surface area contributed by atoms with Crippen LogP contribution in [-0.4, -0.2) is 139 Å². The van der Waals surface area contributed by atoms with Crippen molar-refractivity contribution in [2.75, 3.05) is 46.4 Å². The van der Waals surface area contributed by atoms with E-state index < -0.39 is 47.0 Å². The number of carbonyl (C=O) groups is 9. The van der Waals surface area contributed by atoms with Gasteiger partial charge < -0.3 is 51.8 Å². The molecule has 1 saturated heterocycles. The van der Waals surface area contributed by atoms with Crippen LogP contribution in [0.5, 0.6) is 0 Å². The molecule has 364 valence electrons. The Morgan fingerprint density at radius 1 is 0.823 bits per heavy atom. The number of rotatable bonds is 21. The number of aliphatic hydroxyl groups excluding tert-OH is 1. The molecule has 0 aromatic rings. The fourth-order valence-corrected chi connectivity index (χ4v) is 4.31. The largest absolute Gasteiger partial charge is 0.481 e. The first kappa shape index (κ1) is 66.4. The third-order valence-electron chi connectivity index (χ3n) is 8.03. The molecule has 19 heteroatoms. The van der Waals surface area contributed by atoms with Gasteiger partial charge in [-0.1, -0.05) is 69.2 Å². The van der Waals surface area contributed by atoms with Crippen molar-refractivity contribution in [2.45, 2.75) is 160 Å². The Morgan fingerprint density at radius 2 is 1.34 bits per heavy atom. The zero-order chi connectivity index (χ0) is 49.6. The summed E-state index contributed by atoms with van der Waals surface area (Å²) < 4.78 is 5.89. The maximum Gasteiger partial charge on any atom is 0.303 e. The van der Waals surface area contributed by atoms with E-state index in [9.17, 15) is 43.5 Å². The minimum Gasteiger partial charge on any atom is -0.481 e. The zero-order valence-corrected chi connectivity index (χ0v) is 40.7. The lowest BCUT2D eigenvalue weighted by Gasteiger charge is -2.29. The first-order chi connectivity index (χ1) is 28.7. The zero-order valence-electron chi connectivity index (χ0n) is 40.7. The molecule has 1 heterocycles. The molecule has 1 fully saturated rings. The van der Waals surface area contributed by atoms with Crippen molar-refractivity contribution in [3.8, 4) is 0 Å². The molecular weight excluding hydrogens is 807 g/mol. The van der Waals surface area contributed by atoms with Crippen LogP contribution in [0, 0.1) is 17.3 Å². The molecule has 0 aromatic carbocycles. The van der Waals surface area contributed by atoms with Gasteiger partial charge in [0.2, 0.25) is 42.4 Å². The summed E-state index contributed by atoms with van der Waals surface area (Å²) in [6.07, 6.45) is 2.42. The molecule has 1 aliphatic heterocycles. The highest BCUT2D eigenvalue weighted by Crippen LogP contribution is 2.24. The molecule has 8 N–H and O–H groups in total. The molecule has 0 spiro atoms. The lowest BCUT2D eigenvalue weighted by Crippen LogP contribution is -2.52. The smallest absolute Gasteiger partial charge is 0.303 e. The first-order valence-corrected chi connectivity index (χ1v) is 21.5. The predicted octanol–water partition coefficient (Wildman–Crippen LogP) is 2.32. The first-order valence-electron chi connectivity index (χ1n) is 21.5. The van der Waals surface area contributed by atoms with Gasteiger partial charge in [-0.25, -0.2) is 0 Å². The van der Waals surface area contributed by atoms with Gasteiger partial charge in [0.25, 0.3) is 0 Å². The maximum absolute atomic E-state index is 12.8. The molecule has 0 saturated carbocycles. The third-order valence-corrected chi connectivity index (χ3v) is 8.03. The van der Waals surface area contributed by atoms with Crippen LogP contribution in [0.4, 0.5) is 0 Å². The number of ether oxygens (including phenoxy) is 1. The summed E-state index contributed by atoms with van der Waals surface area (Å²) in [5.41, 5.74) is -1.44. The van der Waals surface area contributed by atoms with Gasteiger partial charge in [-0.05, 0) is 59.8 Å². The monoisotopic (exact) mass is 892 g/mol. The number of hydrogen-bond donors (Lipinski definition) is 8. The molecule has 3 atom stereocenters. The number of amides is 7. The summed E-state index contributed by atoms with van der Waals surface area (Å²) in [7, 11) is 1.56. The van der Waals surface area contributed by atoms with Gasteiger partial charge in [-0.3, -0.25) is 43.2 Å². The Labute approximate surface area is 371 Å². The van der Waals surface area contributed by atoms with E-state index in [-0.39, 0.29) is 62.1 Å². The van der Waals surface area contributed by atoms with E-state index in [0.717, 1.165) is 5.92 Å². The molecule has 0 aromatic heterocycles. The summed E-state index contributed by atoms with van der Waals surface area (Å²) in [4.78, 5) is 102. The van der Waals surface area contributed by atoms with E-state index in [4.69, 9.17) is 14.6 Å². The van der Waals surface area contributed by atoms with Crippen molar-refractivity contribution in [1.29, 1.82) is 0 Å². The number of likely N-dealkylation sites (N-methyl/N-ethyl adjacent to an activating group) is 1. The van der Waals surface area contributed by atoms with Gasteiger partial charge >= 0.3 is 5.97 Å². The molecule has 7 amide bonds. The van der Waals surface area contributed by atoms with Gasteiger partial charge in [0.1, 0.15) is 11.8 Å². The van der Waals surface area contributed by atoms with Crippen LogP contribution in [-0.2, 0) is 47.9 Å². The van der Waals surface area contributed by atoms with Crippen molar-refractivity contribution < 1.29 is 58.1 Å². The number of nitrogens with one attached hydrogen (secondary N) is 6. The van der Waals surface area contributed by atoms with Crippen molar-refractivity contribution in [1.82, 2.24) is 36.8 Å². The van der Waals surface area contributed by atoms with Gasteiger partial charge in [0.05, 0.1) is 37.4 Å². The Balaban J connectivity index is -0.000000366. The molecule has 0 bridgehead atoms. The summed E-state index contributed by atoms with van der Waals surface area (Å²) in [5, 5.41) is 32.0. The van der Waals surface area contributed by atoms with Crippen molar-refractivity contribution in [3.05, 3.63) is 0 Å². The molecule has 0 aliphatic carbocycles. The molecule has 62 heavy (non-hydrogen) atoms. The van der Waals surface area contributed by atoms with E-state index in [1.807, 2.05) is 48.5 Å². The van der Waals surface area contributed by atoms with E-state index in [1.54, 1.807) is 41.7 Å². The normalized spacial score (nSPS) is 13.6. The number of ketones is 1. The summed E-state index contributed by atoms with van der Waals surface area (Å²) in [5.74, 6) is -1.57. The topological polar surface area (TPSA) is 279 Å². The van der Waals surface area contributed by atoms with Gasteiger partial charge in [0.15, 0.2) is 0 Å². The second kappa shape index (κ2) is 39.2. The number of likely N-dealkylation sites (tertiary alicyclic amines) is 1. The number of aliphatic carboxylic acids is 1. The molecule has 2 unspecified atom stereocenters. The van der Waals surface area contributed by atoms with Crippen LogP contribution in [0.1, 0.15) is 136 Å². The molecular formula is C43H85N7O12. The number of Topliss-reactive ketones (excluding diaryl/α,β-unsaturated/α-hetero) is 1.